The molecule has 2 aromatic carbocycles. The molecule has 9 heteroatoms. The van der Waals surface area contributed by atoms with Crippen molar-refractivity contribution in [3.8, 4) is 0 Å². The summed E-state index contributed by atoms with van der Waals surface area (Å²) in [7, 11) is 0. The Balaban J connectivity index is 1.39. The van der Waals surface area contributed by atoms with E-state index in [4.69, 9.17) is 5.11 Å². The van der Waals surface area contributed by atoms with Crippen LogP contribution in [-0.4, -0.2) is 46.9 Å². The van der Waals surface area contributed by atoms with Crippen molar-refractivity contribution >= 4 is 35.1 Å². The van der Waals surface area contributed by atoms with Crippen molar-refractivity contribution in [1.82, 2.24) is 10.4 Å². The van der Waals surface area contributed by atoms with Crippen LogP contribution in [0.2, 0.25) is 0 Å². The quantitative estimate of drug-likeness (QED) is 0.355. The van der Waals surface area contributed by atoms with E-state index >= 15 is 0 Å². The van der Waals surface area contributed by atoms with Crippen LogP contribution in [0.4, 0.5) is 16.2 Å². The molecule has 41 heavy (non-hydrogen) atoms. The summed E-state index contributed by atoms with van der Waals surface area (Å²) in [5.41, 5.74) is 6.50. The highest BCUT2D eigenvalue weighted by atomic mass is 16.4. The number of aliphatic carboxylic acids is 1. The van der Waals surface area contributed by atoms with Crippen molar-refractivity contribution in [2.24, 2.45) is 11.8 Å². The van der Waals surface area contributed by atoms with Crippen molar-refractivity contribution < 1.29 is 24.3 Å². The smallest absolute Gasteiger partial charge is 0.339 e. The number of Topliss-reactive ketones (excluding diaryl/α,β-unsaturated/α-hetero) is 1. The van der Waals surface area contributed by atoms with Crippen molar-refractivity contribution in [3.63, 3.8) is 0 Å². The standard InChI is InChI=1S/C32H40N4O5/c37-28(23-10-4-5-11-23)20-35-27-16-7-6-15-26(27)31(24-12-2-1-3-13-24)34-36(32(35)41)21-29(38)33-25-14-8-9-22(19-25)17-18-30(39)40/h6-9,14-16,19,23-24,31,34H,1-5,10-13,17-18,20-21H2,(H,33,38)(H,39,40). The number of anilines is 2. The molecule has 1 atom stereocenters. The second kappa shape index (κ2) is 13.3. The van der Waals surface area contributed by atoms with Crippen LogP contribution < -0.4 is 15.6 Å². The number of nitrogens with zero attached hydrogens (tertiary/aromatic N) is 2. The van der Waals surface area contributed by atoms with Gasteiger partial charge in [0, 0.05) is 18.0 Å². The molecular formula is C32H40N4O5. The van der Waals surface area contributed by atoms with Gasteiger partial charge in [0.25, 0.3) is 0 Å². The molecule has 2 aromatic rings. The minimum atomic E-state index is -0.880. The normalized spacial score (nSPS) is 20.0. The Bertz CT molecular complexity index is 1270. The molecule has 2 fully saturated rings. The lowest BCUT2D eigenvalue weighted by Crippen LogP contribution is -2.53. The van der Waals surface area contributed by atoms with Crippen LogP contribution in [-0.2, 0) is 20.8 Å². The number of carboxylic acid groups (broad SMARTS) is 1. The Morgan fingerprint density at radius 3 is 2.39 bits per heavy atom. The fraction of sp³-hybridized carbons (Fsp3) is 0.500. The summed E-state index contributed by atoms with van der Waals surface area (Å²) in [5.74, 6) is -0.902. The average molecular weight is 561 g/mol. The fourth-order valence-corrected chi connectivity index (χ4v) is 6.56. The number of hydrazine groups is 1. The largest absolute Gasteiger partial charge is 0.481 e. The third kappa shape index (κ3) is 7.14. The summed E-state index contributed by atoms with van der Waals surface area (Å²) in [5, 5.41) is 13.2. The number of carbonyl (C=O) groups is 4. The van der Waals surface area contributed by atoms with Crippen molar-refractivity contribution in [3.05, 3.63) is 59.7 Å². The Morgan fingerprint density at radius 1 is 0.902 bits per heavy atom. The van der Waals surface area contributed by atoms with Gasteiger partial charge in [-0.3, -0.25) is 19.3 Å². The predicted octanol–water partition coefficient (Wildman–Crippen LogP) is 5.47. The first-order valence-electron chi connectivity index (χ1n) is 15.0. The molecule has 0 saturated heterocycles. The zero-order valence-electron chi connectivity index (χ0n) is 23.5. The zero-order chi connectivity index (χ0) is 28.8. The summed E-state index contributed by atoms with van der Waals surface area (Å²) in [4.78, 5) is 53.2. The average Bonchev–Trinajstić information content (AvgIpc) is 3.50. The van der Waals surface area contributed by atoms with Crippen LogP contribution in [0, 0.1) is 11.8 Å². The monoisotopic (exact) mass is 560 g/mol. The van der Waals surface area contributed by atoms with Crippen LogP contribution in [0.15, 0.2) is 48.5 Å². The number of nitrogens with one attached hydrogen (secondary N) is 2. The van der Waals surface area contributed by atoms with E-state index in [0.29, 0.717) is 18.0 Å². The first-order valence-corrected chi connectivity index (χ1v) is 15.0. The molecule has 218 valence electrons. The fourth-order valence-electron chi connectivity index (χ4n) is 6.56. The number of rotatable bonds is 10. The Kier molecular flexibility index (Phi) is 9.34. The number of carbonyl (C=O) groups excluding carboxylic acids is 3. The zero-order valence-corrected chi connectivity index (χ0v) is 23.5. The van der Waals surface area contributed by atoms with Crippen molar-refractivity contribution in [1.29, 1.82) is 0 Å². The molecule has 0 aromatic heterocycles. The van der Waals surface area contributed by atoms with Gasteiger partial charge in [-0.1, -0.05) is 62.4 Å². The topological polar surface area (TPSA) is 119 Å². The van der Waals surface area contributed by atoms with Gasteiger partial charge in [0.15, 0.2) is 5.78 Å². The number of fused-ring (bicyclic) bond motifs is 1. The van der Waals surface area contributed by atoms with Gasteiger partial charge < -0.3 is 10.4 Å². The molecular weight excluding hydrogens is 520 g/mol. The highest BCUT2D eigenvalue weighted by Gasteiger charge is 2.38. The molecule has 3 aliphatic rings. The number of para-hydroxylation sites is 1. The van der Waals surface area contributed by atoms with E-state index in [0.717, 1.165) is 68.2 Å². The third-order valence-electron chi connectivity index (χ3n) is 8.71. The summed E-state index contributed by atoms with van der Waals surface area (Å²) in [6.45, 7) is -0.243. The first kappa shape index (κ1) is 28.8. The maximum Gasteiger partial charge on any atom is 0.339 e. The molecule has 0 bridgehead atoms. The molecule has 5 rings (SSSR count). The lowest BCUT2D eigenvalue weighted by atomic mass is 9.81. The van der Waals surface area contributed by atoms with Gasteiger partial charge in [-0.25, -0.2) is 15.2 Å². The molecule has 3 amide bonds. The summed E-state index contributed by atoms with van der Waals surface area (Å²) >= 11 is 0. The number of amides is 3. The van der Waals surface area contributed by atoms with Gasteiger partial charge in [0.05, 0.1) is 18.3 Å². The number of ketones is 1. The predicted molar refractivity (Wildman–Crippen MR) is 156 cm³/mol. The highest BCUT2D eigenvalue weighted by Crippen LogP contribution is 2.40. The molecule has 0 spiro atoms. The molecule has 3 N–H and O–H groups in total. The van der Waals surface area contributed by atoms with E-state index in [2.05, 4.69) is 10.7 Å². The maximum atomic E-state index is 14.1. The van der Waals surface area contributed by atoms with Crippen LogP contribution >= 0.6 is 0 Å². The molecule has 9 nitrogen and oxygen atoms in total. The molecule has 1 aliphatic heterocycles. The SMILES string of the molecule is O=C(O)CCc1cccc(NC(=O)CN2NC(C3CCCCC3)c3ccccc3N(CC(=O)C3CCCC3)C2=O)c1. The van der Waals surface area contributed by atoms with Gasteiger partial charge in [0.1, 0.15) is 6.54 Å². The van der Waals surface area contributed by atoms with Gasteiger partial charge in [0.2, 0.25) is 5.91 Å². The van der Waals surface area contributed by atoms with Gasteiger partial charge in [-0.15, -0.1) is 0 Å². The number of urea groups is 1. The lowest BCUT2D eigenvalue weighted by Gasteiger charge is -2.33. The number of hydrogen-bond acceptors (Lipinski definition) is 5. The van der Waals surface area contributed by atoms with E-state index < -0.39 is 12.0 Å². The summed E-state index contributed by atoms with van der Waals surface area (Å²) < 4.78 is 0. The van der Waals surface area contributed by atoms with E-state index in [1.54, 1.807) is 23.1 Å². The molecule has 2 aliphatic carbocycles. The van der Waals surface area contributed by atoms with Gasteiger partial charge in [-0.2, -0.15) is 0 Å². The second-order valence-electron chi connectivity index (χ2n) is 11.6. The van der Waals surface area contributed by atoms with E-state index in [-0.39, 0.29) is 43.2 Å². The highest BCUT2D eigenvalue weighted by molar-refractivity contribution is 6.02. The van der Waals surface area contributed by atoms with Crippen LogP contribution in [0.3, 0.4) is 0 Å². The van der Waals surface area contributed by atoms with E-state index in [1.807, 2.05) is 30.3 Å². The maximum absolute atomic E-state index is 14.1. The summed E-state index contributed by atoms with van der Waals surface area (Å²) in [6, 6.07) is 14.3. The molecule has 1 unspecified atom stereocenters. The summed E-state index contributed by atoms with van der Waals surface area (Å²) in [6.07, 6.45) is 9.68. The number of carboxylic acids is 1. The van der Waals surface area contributed by atoms with Crippen molar-refractivity contribution in [2.45, 2.75) is 76.7 Å². The van der Waals surface area contributed by atoms with Crippen LogP contribution in [0.5, 0.6) is 0 Å². The minimum Gasteiger partial charge on any atom is -0.481 e. The third-order valence-corrected chi connectivity index (χ3v) is 8.71. The van der Waals surface area contributed by atoms with E-state index in [9.17, 15) is 19.2 Å². The minimum absolute atomic E-state index is 0.00211. The molecule has 1 heterocycles. The lowest BCUT2D eigenvalue weighted by molar-refractivity contribution is -0.137. The first-order chi connectivity index (χ1) is 19.9. The van der Waals surface area contributed by atoms with Crippen LogP contribution in [0.1, 0.15) is 81.4 Å². The number of benzene rings is 2. The Morgan fingerprint density at radius 2 is 1.63 bits per heavy atom. The Hall–Kier alpha value is -3.72. The number of hydrogen-bond donors (Lipinski definition) is 3. The molecule has 0 radical (unpaired) electrons. The molecule has 2 saturated carbocycles. The number of aryl methyl sites for hydroxylation is 1. The van der Waals surface area contributed by atoms with Gasteiger partial charge >= 0.3 is 12.0 Å². The second-order valence-corrected chi connectivity index (χ2v) is 11.6. The van der Waals surface area contributed by atoms with Gasteiger partial charge in [-0.05, 0) is 67.3 Å². The van der Waals surface area contributed by atoms with E-state index in [1.165, 1.54) is 11.4 Å². The Labute approximate surface area is 241 Å². The van der Waals surface area contributed by atoms with Crippen molar-refractivity contribution in [2.75, 3.05) is 23.3 Å². The van der Waals surface area contributed by atoms with Crippen LogP contribution in [0.25, 0.3) is 0 Å².